The smallest absolute Gasteiger partial charge is 0.326 e. The van der Waals surface area contributed by atoms with Crippen LogP contribution < -0.4 is 14.8 Å². The van der Waals surface area contributed by atoms with E-state index in [1.165, 1.54) is 12.1 Å². The molecule has 0 fully saturated rings. The number of carbonyl (C=O) groups is 2. The van der Waals surface area contributed by atoms with Gasteiger partial charge in [0.1, 0.15) is 6.04 Å². The molecule has 2 N–H and O–H groups in total. The van der Waals surface area contributed by atoms with E-state index in [0.29, 0.717) is 24.3 Å². The maximum atomic E-state index is 12.1. The van der Waals surface area contributed by atoms with Gasteiger partial charge in [-0.05, 0) is 18.6 Å². The van der Waals surface area contributed by atoms with Gasteiger partial charge in [-0.15, -0.1) is 0 Å². The van der Waals surface area contributed by atoms with Crippen molar-refractivity contribution in [3.8, 4) is 11.5 Å². The van der Waals surface area contributed by atoms with Gasteiger partial charge in [-0.3, -0.25) is 4.79 Å². The Morgan fingerprint density at radius 2 is 2.20 bits per heavy atom. The van der Waals surface area contributed by atoms with Crippen LogP contribution in [0, 0.1) is 0 Å². The van der Waals surface area contributed by atoms with Gasteiger partial charge in [0.2, 0.25) is 6.79 Å². The first-order valence-electron chi connectivity index (χ1n) is 6.15. The number of benzene rings is 1. The van der Waals surface area contributed by atoms with Crippen molar-refractivity contribution in [1.82, 2.24) is 5.32 Å². The van der Waals surface area contributed by atoms with Crippen molar-refractivity contribution < 1.29 is 24.2 Å². The monoisotopic (exact) mass is 299 g/mol. The molecule has 6 nitrogen and oxygen atoms in total. The molecule has 0 bridgehead atoms. The summed E-state index contributed by atoms with van der Waals surface area (Å²) < 4.78 is 10.3. The number of carboxylic acids is 1. The summed E-state index contributed by atoms with van der Waals surface area (Å²) in [6, 6.07) is 1.99. The molecule has 0 unspecified atom stereocenters. The molecule has 0 saturated carbocycles. The largest absolute Gasteiger partial charge is 0.480 e. The quantitative estimate of drug-likeness (QED) is 0.869. The fraction of sp³-hybridized carbons (Fsp3) is 0.385. The van der Waals surface area contributed by atoms with E-state index >= 15 is 0 Å². The van der Waals surface area contributed by atoms with Gasteiger partial charge in [0.15, 0.2) is 11.5 Å². The minimum Gasteiger partial charge on any atom is -0.480 e. The van der Waals surface area contributed by atoms with Gasteiger partial charge < -0.3 is 19.9 Å². The fourth-order valence-electron chi connectivity index (χ4n) is 1.89. The third kappa shape index (κ3) is 2.96. The lowest BCUT2D eigenvalue weighted by molar-refractivity contribution is -0.139. The Kier molecular flexibility index (Phi) is 4.34. The number of halogens is 1. The highest BCUT2D eigenvalue weighted by Gasteiger charge is 2.23. The zero-order valence-electron chi connectivity index (χ0n) is 10.8. The summed E-state index contributed by atoms with van der Waals surface area (Å²) in [6.45, 7) is 1.90. The Labute approximate surface area is 120 Å². The van der Waals surface area contributed by atoms with Gasteiger partial charge >= 0.3 is 5.97 Å². The molecule has 1 aromatic carbocycles. The van der Waals surface area contributed by atoms with Crippen LogP contribution in [0.15, 0.2) is 12.1 Å². The Bertz CT molecular complexity index is 546. The third-order valence-corrected chi connectivity index (χ3v) is 3.15. The number of rotatable bonds is 5. The molecule has 1 aliphatic heterocycles. The van der Waals surface area contributed by atoms with Gasteiger partial charge in [0.05, 0.1) is 5.02 Å². The van der Waals surface area contributed by atoms with Crippen LogP contribution in [0.4, 0.5) is 0 Å². The van der Waals surface area contributed by atoms with Crippen LogP contribution in [0.2, 0.25) is 5.02 Å². The maximum Gasteiger partial charge on any atom is 0.326 e. The number of fused-ring (bicyclic) bond motifs is 1. The number of nitrogens with one attached hydrogen (secondary N) is 1. The number of ether oxygens (including phenoxy) is 2. The first-order chi connectivity index (χ1) is 9.52. The minimum absolute atomic E-state index is 0.0493. The molecule has 0 radical (unpaired) electrons. The Morgan fingerprint density at radius 3 is 2.85 bits per heavy atom. The molecule has 1 amide bonds. The molecule has 0 aromatic heterocycles. The molecule has 108 valence electrons. The van der Waals surface area contributed by atoms with Crippen molar-refractivity contribution in [3.05, 3.63) is 22.7 Å². The van der Waals surface area contributed by atoms with Crippen LogP contribution >= 0.6 is 11.6 Å². The Balaban J connectivity index is 2.17. The Hall–Kier alpha value is -1.95. The van der Waals surface area contributed by atoms with Crippen molar-refractivity contribution in [1.29, 1.82) is 0 Å². The topological polar surface area (TPSA) is 84.9 Å². The summed E-state index contributed by atoms with van der Waals surface area (Å²) in [5.41, 5.74) is 0.238. The molecule has 0 saturated heterocycles. The summed E-state index contributed by atoms with van der Waals surface area (Å²) in [6.07, 6.45) is 1.01. The molecule has 20 heavy (non-hydrogen) atoms. The van der Waals surface area contributed by atoms with Crippen molar-refractivity contribution in [2.45, 2.75) is 25.8 Å². The molecular formula is C13H14ClNO5. The zero-order valence-corrected chi connectivity index (χ0v) is 11.6. The van der Waals surface area contributed by atoms with Crippen LogP contribution in [0.1, 0.15) is 30.1 Å². The van der Waals surface area contributed by atoms with Crippen LogP contribution in [-0.2, 0) is 4.79 Å². The lowest BCUT2D eigenvalue weighted by Gasteiger charge is -2.14. The van der Waals surface area contributed by atoms with Crippen LogP contribution in [0.25, 0.3) is 0 Å². The van der Waals surface area contributed by atoms with Gasteiger partial charge in [-0.1, -0.05) is 24.9 Å². The molecule has 1 atom stereocenters. The van der Waals surface area contributed by atoms with E-state index in [-0.39, 0.29) is 17.4 Å². The normalized spacial score (nSPS) is 13.9. The highest BCUT2D eigenvalue weighted by molar-refractivity contribution is 6.32. The average Bonchev–Trinajstić information content (AvgIpc) is 2.86. The van der Waals surface area contributed by atoms with Crippen molar-refractivity contribution in [3.63, 3.8) is 0 Å². The second-order valence-electron chi connectivity index (χ2n) is 4.34. The van der Waals surface area contributed by atoms with Crippen LogP contribution in [0.3, 0.4) is 0 Å². The molecule has 0 aliphatic carbocycles. The van der Waals surface area contributed by atoms with E-state index in [2.05, 4.69) is 5.32 Å². The summed E-state index contributed by atoms with van der Waals surface area (Å²) in [7, 11) is 0. The van der Waals surface area contributed by atoms with Crippen molar-refractivity contribution in [2.75, 3.05) is 6.79 Å². The minimum atomic E-state index is -1.06. The number of hydrogen-bond donors (Lipinski definition) is 2. The standard InChI is InChI=1S/C13H14ClNO5/c1-2-3-9(13(17)18)15-12(16)7-4-8(14)11-10(5-7)19-6-20-11/h4-5,9H,2-3,6H2,1H3,(H,15,16)(H,17,18)/t9-/m1/s1. The molecular weight excluding hydrogens is 286 g/mol. The van der Waals surface area contributed by atoms with E-state index in [9.17, 15) is 9.59 Å². The van der Waals surface area contributed by atoms with E-state index in [0.717, 1.165) is 0 Å². The van der Waals surface area contributed by atoms with E-state index in [1.54, 1.807) is 0 Å². The van der Waals surface area contributed by atoms with E-state index in [1.807, 2.05) is 6.92 Å². The molecule has 0 spiro atoms. The fourth-order valence-corrected chi connectivity index (χ4v) is 2.15. The first-order valence-corrected chi connectivity index (χ1v) is 6.53. The molecule has 1 aliphatic rings. The SMILES string of the molecule is CCC[C@@H](NC(=O)c1cc(Cl)c2c(c1)OCO2)C(=O)O. The number of amides is 1. The summed E-state index contributed by atoms with van der Waals surface area (Å²) in [4.78, 5) is 23.1. The van der Waals surface area contributed by atoms with Gasteiger partial charge in [0.25, 0.3) is 5.91 Å². The van der Waals surface area contributed by atoms with Crippen molar-refractivity contribution >= 4 is 23.5 Å². The second kappa shape index (κ2) is 6.00. The summed E-state index contributed by atoms with van der Waals surface area (Å²) in [5, 5.41) is 11.7. The second-order valence-corrected chi connectivity index (χ2v) is 4.75. The van der Waals surface area contributed by atoms with Crippen molar-refractivity contribution in [2.24, 2.45) is 0 Å². The zero-order chi connectivity index (χ0) is 14.7. The lowest BCUT2D eigenvalue weighted by Crippen LogP contribution is -2.40. The predicted molar refractivity (Wildman–Crippen MR) is 71.4 cm³/mol. The number of carbonyl (C=O) groups excluding carboxylic acids is 1. The van der Waals surface area contributed by atoms with E-state index < -0.39 is 17.9 Å². The maximum absolute atomic E-state index is 12.1. The van der Waals surface area contributed by atoms with E-state index in [4.69, 9.17) is 26.2 Å². The third-order valence-electron chi connectivity index (χ3n) is 2.87. The highest BCUT2D eigenvalue weighted by atomic mass is 35.5. The summed E-state index contributed by atoms with van der Waals surface area (Å²) >= 11 is 5.98. The Morgan fingerprint density at radius 1 is 1.45 bits per heavy atom. The molecule has 2 rings (SSSR count). The predicted octanol–water partition coefficient (Wildman–Crippen LogP) is 2.05. The first kappa shape index (κ1) is 14.5. The van der Waals surface area contributed by atoms with Crippen LogP contribution in [-0.4, -0.2) is 29.8 Å². The molecule has 1 heterocycles. The number of aliphatic carboxylic acids is 1. The lowest BCUT2D eigenvalue weighted by atomic mass is 10.1. The average molecular weight is 300 g/mol. The van der Waals surface area contributed by atoms with Crippen LogP contribution in [0.5, 0.6) is 11.5 Å². The summed E-state index contributed by atoms with van der Waals surface area (Å²) in [5.74, 6) is -0.797. The van der Waals surface area contributed by atoms with Gasteiger partial charge in [0, 0.05) is 5.56 Å². The highest BCUT2D eigenvalue weighted by Crippen LogP contribution is 2.39. The van der Waals surface area contributed by atoms with Gasteiger partial charge in [-0.25, -0.2) is 4.79 Å². The number of carboxylic acid groups (broad SMARTS) is 1. The molecule has 7 heteroatoms. The molecule has 1 aromatic rings. The number of hydrogen-bond acceptors (Lipinski definition) is 4. The van der Waals surface area contributed by atoms with Gasteiger partial charge in [-0.2, -0.15) is 0 Å².